The molecule has 3 aromatic rings. The predicted molar refractivity (Wildman–Crippen MR) is 99.9 cm³/mol. The summed E-state index contributed by atoms with van der Waals surface area (Å²) in [6.07, 6.45) is 2.90. The van der Waals surface area contributed by atoms with Crippen LogP contribution in [-0.4, -0.2) is 70.4 Å². The number of piperazine rings is 1. The third kappa shape index (κ3) is 3.38. The third-order valence-corrected chi connectivity index (χ3v) is 6.70. The topological polar surface area (TPSA) is 104 Å². The molecule has 2 aromatic heterocycles. The number of benzene rings is 1. The average Bonchev–Trinajstić information content (AvgIpc) is 3.07. The molecule has 1 aromatic carbocycles. The number of sulfonamides is 1. The van der Waals surface area contributed by atoms with Gasteiger partial charge in [-0.1, -0.05) is 12.1 Å². The summed E-state index contributed by atoms with van der Waals surface area (Å²) >= 11 is 0. The van der Waals surface area contributed by atoms with Crippen molar-refractivity contribution in [3.63, 3.8) is 0 Å². The number of fused-ring (bicyclic) bond motifs is 1. The fourth-order valence-corrected chi connectivity index (χ4v) is 4.57. The van der Waals surface area contributed by atoms with E-state index < -0.39 is 10.0 Å². The molecular weight excluding hydrogens is 368 g/mol. The molecular formula is C17H20N6O3S. The first kappa shape index (κ1) is 17.8. The summed E-state index contributed by atoms with van der Waals surface area (Å²) in [5.74, 6) is 0. The van der Waals surface area contributed by atoms with E-state index in [2.05, 4.69) is 19.9 Å². The number of aromatic nitrogens is 4. The molecule has 0 aliphatic carbocycles. The maximum atomic E-state index is 12.8. The fourth-order valence-electron chi connectivity index (χ4n) is 3.15. The second-order valence-corrected chi connectivity index (χ2v) is 8.57. The van der Waals surface area contributed by atoms with Crippen LogP contribution in [0.2, 0.25) is 0 Å². The molecule has 10 heteroatoms. The van der Waals surface area contributed by atoms with E-state index in [1.54, 1.807) is 35.2 Å². The van der Waals surface area contributed by atoms with Crippen molar-refractivity contribution in [3.8, 4) is 0 Å². The molecule has 1 aliphatic rings. The Hall–Kier alpha value is -2.56. The highest BCUT2D eigenvalue weighted by atomic mass is 32.2. The van der Waals surface area contributed by atoms with Gasteiger partial charge in [-0.25, -0.2) is 18.4 Å². The van der Waals surface area contributed by atoms with E-state index in [4.69, 9.17) is 0 Å². The summed E-state index contributed by atoms with van der Waals surface area (Å²) in [7, 11) is -1.49. The number of aromatic amines is 1. The molecule has 0 bridgehead atoms. The van der Waals surface area contributed by atoms with Crippen molar-refractivity contribution in [2.75, 3.05) is 33.2 Å². The van der Waals surface area contributed by atoms with Crippen molar-refractivity contribution in [3.05, 3.63) is 52.8 Å². The molecule has 0 unspecified atom stereocenters. The van der Waals surface area contributed by atoms with Crippen LogP contribution in [0.1, 0.15) is 5.56 Å². The van der Waals surface area contributed by atoms with Gasteiger partial charge in [-0.15, -0.1) is 0 Å². The summed E-state index contributed by atoms with van der Waals surface area (Å²) in [5.41, 5.74) is 1.39. The Morgan fingerprint density at radius 1 is 1.07 bits per heavy atom. The van der Waals surface area contributed by atoms with Crippen LogP contribution in [0.4, 0.5) is 0 Å². The van der Waals surface area contributed by atoms with Gasteiger partial charge in [0.25, 0.3) is 5.56 Å². The molecule has 1 aliphatic heterocycles. The van der Waals surface area contributed by atoms with Gasteiger partial charge in [-0.3, -0.25) is 4.79 Å². The highest BCUT2D eigenvalue weighted by molar-refractivity contribution is 7.89. The summed E-state index contributed by atoms with van der Waals surface area (Å²) in [6, 6.07) is 6.81. The minimum absolute atomic E-state index is 0.284. The molecule has 0 radical (unpaired) electrons. The molecule has 9 nitrogen and oxygen atoms in total. The van der Waals surface area contributed by atoms with Crippen LogP contribution in [0.5, 0.6) is 0 Å². The normalized spacial score (nSPS) is 16.8. The van der Waals surface area contributed by atoms with Crippen LogP contribution in [0.3, 0.4) is 0 Å². The van der Waals surface area contributed by atoms with E-state index in [0.29, 0.717) is 30.2 Å². The van der Waals surface area contributed by atoms with Crippen molar-refractivity contribution in [2.24, 2.45) is 0 Å². The molecule has 27 heavy (non-hydrogen) atoms. The number of rotatable bonds is 4. The Morgan fingerprint density at radius 2 is 1.78 bits per heavy atom. The zero-order valence-electron chi connectivity index (χ0n) is 14.9. The molecule has 0 saturated carbocycles. The zero-order valence-corrected chi connectivity index (χ0v) is 15.7. The quantitative estimate of drug-likeness (QED) is 0.680. The van der Waals surface area contributed by atoms with Crippen molar-refractivity contribution < 1.29 is 8.42 Å². The van der Waals surface area contributed by atoms with E-state index in [-0.39, 0.29) is 11.1 Å². The molecule has 4 rings (SSSR count). The number of hydrogen-bond acceptors (Lipinski definition) is 6. The summed E-state index contributed by atoms with van der Waals surface area (Å²) < 4.78 is 28.8. The number of H-pyrrole nitrogens is 1. The second kappa shape index (κ2) is 6.87. The van der Waals surface area contributed by atoms with Gasteiger partial charge in [0, 0.05) is 26.2 Å². The first-order chi connectivity index (χ1) is 12.9. The van der Waals surface area contributed by atoms with E-state index >= 15 is 0 Å². The monoisotopic (exact) mass is 388 g/mol. The van der Waals surface area contributed by atoms with Gasteiger partial charge in [0.2, 0.25) is 10.0 Å². The van der Waals surface area contributed by atoms with Gasteiger partial charge in [-0.2, -0.15) is 4.31 Å². The van der Waals surface area contributed by atoms with Gasteiger partial charge < -0.3 is 14.5 Å². The van der Waals surface area contributed by atoms with Gasteiger partial charge in [-0.05, 0) is 24.7 Å². The predicted octanol–water partition coefficient (Wildman–Crippen LogP) is 0.104. The van der Waals surface area contributed by atoms with Crippen LogP contribution in [0, 0.1) is 0 Å². The highest BCUT2D eigenvalue weighted by Crippen LogP contribution is 2.19. The molecule has 0 amide bonds. The summed E-state index contributed by atoms with van der Waals surface area (Å²) in [4.78, 5) is 24.9. The standard InChI is InChI=1S/C17H20N6O3S/c1-21-6-8-23(9-7-21)27(25,26)14-4-2-13(3-5-14)10-22-12-20-15-16(22)18-11-19-17(15)24/h2-5,11-12H,6-10H2,1H3,(H,18,19,24). The maximum Gasteiger partial charge on any atom is 0.278 e. The number of likely N-dealkylation sites (N-methyl/N-ethyl adjacent to an activating group) is 1. The first-order valence-corrected chi connectivity index (χ1v) is 10.1. The van der Waals surface area contributed by atoms with Gasteiger partial charge in [0.15, 0.2) is 11.2 Å². The van der Waals surface area contributed by atoms with Crippen LogP contribution in [-0.2, 0) is 16.6 Å². The molecule has 0 spiro atoms. The molecule has 0 atom stereocenters. The van der Waals surface area contributed by atoms with E-state index in [9.17, 15) is 13.2 Å². The Balaban J connectivity index is 1.55. The van der Waals surface area contributed by atoms with Crippen LogP contribution in [0.15, 0.2) is 46.6 Å². The Morgan fingerprint density at radius 3 is 2.48 bits per heavy atom. The number of nitrogens with one attached hydrogen (secondary N) is 1. The van der Waals surface area contributed by atoms with Crippen LogP contribution >= 0.6 is 0 Å². The number of nitrogens with zero attached hydrogens (tertiary/aromatic N) is 5. The molecule has 1 saturated heterocycles. The minimum Gasteiger partial charge on any atom is -0.311 e. The highest BCUT2D eigenvalue weighted by Gasteiger charge is 2.27. The lowest BCUT2D eigenvalue weighted by Crippen LogP contribution is -2.46. The van der Waals surface area contributed by atoms with Gasteiger partial charge in [0.05, 0.1) is 24.1 Å². The molecule has 3 heterocycles. The smallest absolute Gasteiger partial charge is 0.278 e. The number of hydrogen-bond donors (Lipinski definition) is 1. The zero-order chi connectivity index (χ0) is 19.0. The third-order valence-electron chi connectivity index (χ3n) is 4.78. The largest absolute Gasteiger partial charge is 0.311 e. The lowest BCUT2D eigenvalue weighted by atomic mass is 10.2. The van der Waals surface area contributed by atoms with E-state index in [1.165, 1.54) is 10.6 Å². The van der Waals surface area contributed by atoms with Crippen molar-refractivity contribution in [1.82, 2.24) is 28.7 Å². The van der Waals surface area contributed by atoms with Crippen molar-refractivity contribution >= 4 is 21.2 Å². The van der Waals surface area contributed by atoms with E-state index in [0.717, 1.165) is 18.7 Å². The van der Waals surface area contributed by atoms with Crippen LogP contribution < -0.4 is 5.56 Å². The maximum absolute atomic E-state index is 12.8. The SMILES string of the molecule is CN1CCN(S(=O)(=O)c2ccc(Cn3cnc4c(=O)[nH]cnc43)cc2)CC1. The van der Waals surface area contributed by atoms with Crippen molar-refractivity contribution in [2.45, 2.75) is 11.4 Å². The Kier molecular flexibility index (Phi) is 4.54. The summed E-state index contributed by atoms with van der Waals surface area (Å²) in [6.45, 7) is 2.92. The molecule has 1 fully saturated rings. The lowest BCUT2D eigenvalue weighted by molar-refractivity contribution is 0.222. The fraction of sp³-hybridized carbons (Fsp3) is 0.353. The molecule has 1 N–H and O–H groups in total. The first-order valence-electron chi connectivity index (χ1n) is 8.61. The van der Waals surface area contributed by atoms with Gasteiger partial charge in [0.1, 0.15) is 0 Å². The van der Waals surface area contributed by atoms with E-state index in [1.807, 2.05) is 7.05 Å². The molecule has 142 valence electrons. The Bertz CT molecular complexity index is 1110. The second-order valence-electron chi connectivity index (χ2n) is 6.63. The summed E-state index contributed by atoms with van der Waals surface area (Å²) in [5, 5.41) is 0. The van der Waals surface area contributed by atoms with Crippen LogP contribution in [0.25, 0.3) is 11.2 Å². The average molecular weight is 388 g/mol. The van der Waals surface area contributed by atoms with Crippen molar-refractivity contribution in [1.29, 1.82) is 0 Å². The van der Waals surface area contributed by atoms with Gasteiger partial charge >= 0.3 is 0 Å². The number of imidazole rings is 1. The Labute approximate surface area is 156 Å². The lowest BCUT2D eigenvalue weighted by Gasteiger charge is -2.31. The minimum atomic E-state index is -3.47.